The number of furan rings is 1. The summed E-state index contributed by atoms with van der Waals surface area (Å²) in [6, 6.07) is 14.5. The van der Waals surface area contributed by atoms with Gasteiger partial charge in [-0.3, -0.25) is 14.5 Å². The van der Waals surface area contributed by atoms with Crippen LogP contribution in [0.2, 0.25) is 5.02 Å². The summed E-state index contributed by atoms with van der Waals surface area (Å²) in [6.07, 6.45) is 1.46. The van der Waals surface area contributed by atoms with E-state index in [4.69, 9.17) is 20.8 Å². The first-order chi connectivity index (χ1) is 15.3. The Morgan fingerprint density at radius 3 is 2.44 bits per heavy atom. The zero-order valence-corrected chi connectivity index (χ0v) is 18.6. The van der Waals surface area contributed by atoms with Gasteiger partial charge in [0.05, 0.1) is 24.0 Å². The Morgan fingerprint density at radius 1 is 1.12 bits per heavy atom. The van der Waals surface area contributed by atoms with E-state index >= 15 is 0 Å². The van der Waals surface area contributed by atoms with Crippen LogP contribution in [0.1, 0.15) is 42.7 Å². The molecule has 1 atom stereocenters. The van der Waals surface area contributed by atoms with E-state index in [0.29, 0.717) is 33.7 Å². The molecule has 0 aliphatic carbocycles. The zero-order valence-electron chi connectivity index (χ0n) is 17.8. The molecule has 2 aromatic carbocycles. The summed E-state index contributed by atoms with van der Waals surface area (Å²) >= 11 is 6.09. The zero-order chi connectivity index (χ0) is 23.0. The highest BCUT2D eigenvalue weighted by Gasteiger charge is 2.48. The number of hydrogen-bond acceptors (Lipinski definition) is 5. The number of hydrogen-bond donors (Lipinski definition) is 1. The van der Waals surface area contributed by atoms with E-state index in [2.05, 4.69) is 13.8 Å². The Balaban J connectivity index is 1.88. The Labute approximate surface area is 190 Å². The van der Waals surface area contributed by atoms with Gasteiger partial charge in [-0.05, 0) is 53.9 Å². The molecular formula is C25H22ClNO5. The van der Waals surface area contributed by atoms with E-state index in [0.717, 1.165) is 5.56 Å². The summed E-state index contributed by atoms with van der Waals surface area (Å²) in [6.45, 7) is 4.15. The highest BCUT2D eigenvalue weighted by atomic mass is 35.5. The Morgan fingerprint density at radius 2 is 1.84 bits per heavy atom. The maximum atomic E-state index is 13.1. The van der Waals surface area contributed by atoms with Crippen LogP contribution < -0.4 is 9.64 Å². The lowest BCUT2D eigenvalue weighted by molar-refractivity contribution is -0.132. The number of aliphatic hydroxyl groups is 1. The first kappa shape index (κ1) is 21.7. The molecule has 1 unspecified atom stereocenters. The smallest absolute Gasteiger partial charge is 0.300 e. The standard InChI is InChI=1S/C25H22ClNO5/c1-14(2)15-6-9-17(10-7-15)27-22(19-5-4-12-32-19)21(24(29)25(27)30)23(28)16-8-11-18(26)20(13-16)31-3/h4-14,22,28H,1-3H3/b23-21-. The van der Waals surface area contributed by atoms with Crippen LogP contribution >= 0.6 is 11.6 Å². The molecule has 1 aliphatic rings. The molecule has 1 amide bonds. The molecular weight excluding hydrogens is 430 g/mol. The number of ether oxygens (including phenoxy) is 1. The van der Waals surface area contributed by atoms with Gasteiger partial charge in [0.15, 0.2) is 0 Å². The summed E-state index contributed by atoms with van der Waals surface area (Å²) in [5, 5.41) is 11.5. The number of anilines is 1. The Kier molecular flexibility index (Phi) is 5.80. The van der Waals surface area contributed by atoms with E-state index in [1.807, 2.05) is 12.1 Å². The molecule has 1 aliphatic heterocycles. The minimum absolute atomic E-state index is 0.0674. The Bertz CT molecular complexity index is 1200. The van der Waals surface area contributed by atoms with Gasteiger partial charge in [0.1, 0.15) is 23.3 Å². The molecule has 32 heavy (non-hydrogen) atoms. The van der Waals surface area contributed by atoms with E-state index in [9.17, 15) is 14.7 Å². The first-order valence-electron chi connectivity index (χ1n) is 10.1. The third-order valence-electron chi connectivity index (χ3n) is 5.52. The number of benzene rings is 2. The van der Waals surface area contributed by atoms with Gasteiger partial charge in [0.2, 0.25) is 0 Å². The van der Waals surface area contributed by atoms with Crippen LogP contribution in [0.4, 0.5) is 5.69 Å². The molecule has 1 N–H and O–H groups in total. The second-order valence-electron chi connectivity index (χ2n) is 7.78. The third-order valence-corrected chi connectivity index (χ3v) is 5.83. The summed E-state index contributed by atoms with van der Waals surface area (Å²) in [4.78, 5) is 27.5. The average Bonchev–Trinajstić information content (AvgIpc) is 3.41. The number of amides is 1. The number of aliphatic hydroxyl groups excluding tert-OH is 1. The van der Waals surface area contributed by atoms with Crippen LogP contribution in [0.25, 0.3) is 5.76 Å². The van der Waals surface area contributed by atoms with Crippen molar-refractivity contribution in [3.8, 4) is 5.75 Å². The van der Waals surface area contributed by atoms with E-state index in [1.165, 1.54) is 24.3 Å². The monoisotopic (exact) mass is 451 g/mol. The van der Waals surface area contributed by atoms with Crippen molar-refractivity contribution in [1.82, 2.24) is 0 Å². The molecule has 164 valence electrons. The van der Waals surface area contributed by atoms with Gasteiger partial charge < -0.3 is 14.3 Å². The van der Waals surface area contributed by atoms with Crippen LogP contribution in [0, 0.1) is 0 Å². The van der Waals surface area contributed by atoms with Gasteiger partial charge in [-0.2, -0.15) is 0 Å². The lowest BCUT2D eigenvalue weighted by Crippen LogP contribution is -2.29. The number of rotatable bonds is 5. The third kappa shape index (κ3) is 3.67. The summed E-state index contributed by atoms with van der Waals surface area (Å²) in [7, 11) is 1.45. The molecule has 0 saturated carbocycles. The molecule has 0 spiro atoms. The van der Waals surface area contributed by atoms with Gasteiger partial charge in [0, 0.05) is 11.3 Å². The Hall–Kier alpha value is -3.51. The van der Waals surface area contributed by atoms with Crippen LogP contribution in [0.3, 0.4) is 0 Å². The molecule has 7 heteroatoms. The van der Waals surface area contributed by atoms with Crippen molar-refractivity contribution in [2.24, 2.45) is 0 Å². The molecule has 0 radical (unpaired) electrons. The van der Waals surface area contributed by atoms with Crippen molar-refractivity contribution in [1.29, 1.82) is 0 Å². The number of carbonyl (C=O) groups excluding carboxylic acids is 2. The predicted octanol–water partition coefficient (Wildman–Crippen LogP) is 5.69. The average molecular weight is 452 g/mol. The normalized spacial score (nSPS) is 17.9. The molecule has 4 rings (SSSR count). The van der Waals surface area contributed by atoms with Crippen molar-refractivity contribution >= 4 is 34.7 Å². The largest absolute Gasteiger partial charge is 0.507 e. The maximum absolute atomic E-state index is 13.1. The fourth-order valence-electron chi connectivity index (χ4n) is 3.80. The minimum atomic E-state index is -0.920. The number of ketones is 1. The first-order valence-corrected chi connectivity index (χ1v) is 10.5. The van der Waals surface area contributed by atoms with E-state index in [-0.39, 0.29) is 11.3 Å². The molecule has 1 aromatic heterocycles. The molecule has 1 saturated heterocycles. The fraction of sp³-hybridized carbons (Fsp3) is 0.200. The lowest BCUT2D eigenvalue weighted by Gasteiger charge is -2.23. The highest BCUT2D eigenvalue weighted by Crippen LogP contribution is 2.43. The van der Waals surface area contributed by atoms with Crippen molar-refractivity contribution in [3.63, 3.8) is 0 Å². The molecule has 1 fully saturated rings. The SMILES string of the molecule is COc1cc(/C(O)=C2/C(=O)C(=O)N(c3ccc(C(C)C)cc3)C2c2ccco2)ccc1Cl. The topological polar surface area (TPSA) is 80.0 Å². The second kappa shape index (κ2) is 8.55. The number of halogens is 1. The van der Waals surface area contributed by atoms with Gasteiger partial charge in [-0.1, -0.05) is 37.6 Å². The minimum Gasteiger partial charge on any atom is -0.507 e. The number of Topliss-reactive ketones (excluding diaryl/α,β-unsaturated/α-hetero) is 1. The molecule has 2 heterocycles. The van der Waals surface area contributed by atoms with Crippen molar-refractivity contribution in [2.75, 3.05) is 12.0 Å². The summed E-state index contributed by atoms with van der Waals surface area (Å²) < 4.78 is 10.8. The van der Waals surface area contributed by atoms with Gasteiger partial charge in [-0.25, -0.2) is 0 Å². The van der Waals surface area contributed by atoms with Crippen LogP contribution in [0.5, 0.6) is 5.75 Å². The number of carbonyl (C=O) groups is 2. The maximum Gasteiger partial charge on any atom is 0.300 e. The van der Waals surface area contributed by atoms with Crippen molar-refractivity contribution in [2.45, 2.75) is 25.8 Å². The molecule has 3 aromatic rings. The lowest BCUT2D eigenvalue weighted by atomic mass is 9.98. The predicted molar refractivity (Wildman–Crippen MR) is 122 cm³/mol. The highest BCUT2D eigenvalue weighted by molar-refractivity contribution is 6.51. The summed E-state index contributed by atoms with van der Waals surface area (Å²) in [5.74, 6) is -0.860. The van der Waals surface area contributed by atoms with Gasteiger partial charge in [-0.15, -0.1) is 0 Å². The van der Waals surface area contributed by atoms with E-state index in [1.54, 1.807) is 36.4 Å². The van der Waals surface area contributed by atoms with Gasteiger partial charge >= 0.3 is 0 Å². The number of methoxy groups -OCH3 is 1. The quantitative estimate of drug-likeness (QED) is 0.306. The van der Waals surface area contributed by atoms with Crippen LogP contribution in [-0.4, -0.2) is 23.9 Å². The van der Waals surface area contributed by atoms with E-state index < -0.39 is 17.7 Å². The van der Waals surface area contributed by atoms with Crippen molar-refractivity contribution < 1.29 is 23.8 Å². The summed E-state index contributed by atoms with van der Waals surface area (Å²) in [5.41, 5.74) is 1.87. The molecule has 0 bridgehead atoms. The van der Waals surface area contributed by atoms with Gasteiger partial charge in [0.25, 0.3) is 11.7 Å². The van der Waals surface area contributed by atoms with Crippen LogP contribution in [0.15, 0.2) is 70.9 Å². The second-order valence-corrected chi connectivity index (χ2v) is 8.19. The van der Waals surface area contributed by atoms with Crippen LogP contribution in [-0.2, 0) is 9.59 Å². The number of nitrogens with zero attached hydrogens (tertiary/aromatic N) is 1. The van der Waals surface area contributed by atoms with Crippen molar-refractivity contribution in [3.05, 3.63) is 88.3 Å². The molecule has 6 nitrogen and oxygen atoms in total. The fourth-order valence-corrected chi connectivity index (χ4v) is 3.99.